The molecule has 0 saturated carbocycles. The molecule has 1 atom stereocenters. The normalized spacial score (nSPS) is 21.9. The van der Waals surface area contributed by atoms with Crippen LogP contribution in [-0.2, 0) is 21.6 Å². The summed E-state index contributed by atoms with van der Waals surface area (Å²) in [7, 11) is 0. The van der Waals surface area contributed by atoms with E-state index < -0.39 is 23.1 Å². The van der Waals surface area contributed by atoms with Crippen LogP contribution in [0.2, 0.25) is 0 Å². The van der Waals surface area contributed by atoms with Crippen molar-refractivity contribution in [1.29, 1.82) is 0 Å². The maximum atomic E-state index is 14.4. The molecule has 2 saturated heterocycles. The Kier molecular flexibility index (Phi) is 4.88. The predicted molar refractivity (Wildman–Crippen MR) is 99.6 cm³/mol. The van der Waals surface area contributed by atoms with Crippen molar-refractivity contribution in [3.8, 4) is 0 Å². The number of aromatic nitrogens is 4. The third-order valence-electron chi connectivity index (χ3n) is 5.90. The number of benzene rings is 1. The number of carbonyl (C=O) groups is 1. The first-order valence-electron chi connectivity index (χ1n) is 9.83. The average Bonchev–Trinajstić information content (AvgIpc) is 3.25. The zero-order valence-electron chi connectivity index (χ0n) is 16.9. The highest BCUT2D eigenvalue weighted by atomic mass is 19.1. The predicted octanol–water partition coefficient (Wildman–Crippen LogP) is 2.98. The van der Waals surface area contributed by atoms with Crippen LogP contribution in [0.3, 0.4) is 0 Å². The number of hydrogen-bond donors (Lipinski definition) is 0. The highest BCUT2D eigenvalue weighted by molar-refractivity contribution is 5.85. The number of hydrogen-bond acceptors (Lipinski definition) is 5. The van der Waals surface area contributed by atoms with Gasteiger partial charge in [0.2, 0.25) is 5.91 Å². The molecule has 1 aromatic heterocycles. The molecule has 2 aliphatic rings. The number of ether oxygens (including phenoxy) is 1. The van der Waals surface area contributed by atoms with E-state index in [0.717, 1.165) is 18.2 Å². The van der Waals surface area contributed by atoms with E-state index in [2.05, 4.69) is 15.5 Å². The van der Waals surface area contributed by atoms with Crippen molar-refractivity contribution in [2.45, 2.75) is 58.2 Å². The molecule has 1 unspecified atom stereocenters. The van der Waals surface area contributed by atoms with E-state index in [1.54, 1.807) is 9.58 Å². The minimum Gasteiger partial charge on any atom is -0.381 e. The Balaban J connectivity index is 1.76. The molecule has 1 amide bonds. The van der Waals surface area contributed by atoms with E-state index in [1.165, 1.54) is 0 Å². The van der Waals surface area contributed by atoms with Crippen molar-refractivity contribution in [2.24, 2.45) is 5.41 Å². The number of rotatable bonds is 3. The summed E-state index contributed by atoms with van der Waals surface area (Å²) in [5, 5.41) is 12.2. The van der Waals surface area contributed by atoms with Crippen LogP contribution in [-0.4, -0.2) is 44.2 Å². The maximum Gasteiger partial charge on any atom is 0.229 e. The third kappa shape index (κ3) is 3.52. The molecule has 9 heteroatoms. The fraction of sp³-hybridized carbons (Fsp3) is 0.600. The molecular formula is C20H25F2N5O2. The zero-order chi connectivity index (χ0) is 20.8. The quantitative estimate of drug-likeness (QED) is 0.785. The Morgan fingerprint density at radius 3 is 2.66 bits per heavy atom. The standard InChI is InChI=1S/C20H25F2N5O2/c1-19(2,3)27-17(23-24-25-27)16-11-20(6-8-29-9-7-20)18(28)26(16)12-13-10-14(21)4-5-15(13)22/h4-5,10,16H,6-9,11-12H2,1-3H3. The van der Waals surface area contributed by atoms with Crippen molar-refractivity contribution < 1.29 is 18.3 Å². The molecule has 2 aliphatic heterocycles. The lowest BCUT2D eigenvalue weighted by Gasteiger charge is -2.31. The van der Waals surface area contributed by atoms with Crippen LogP contribution in [0.15, 0.2) is 18.2 Å². The molecule has 29 heavy (non-hydrogen) atoms. The number of carbonyl (C=O) groups excluding carboxylic acids is 1. The van der Waals surface area contributed by atoms with Crippen molar-refractivity contribution in [3.05, 3.63) is 41.2 Å². The van der Waals surface area contributed by atoms with Crippen LogP contribution in [0.25, 0.3) is 0 Å². The number of nitrogens with zero attached hydrogens (tertiary/aromatic N) is 5. The number of halogens is 2. The van der Waals surface area contributed by atoms with Gasteiger partial charge in [0, 0.05) is 25.3 Å². The minimum absolute atomic E-state index is 0.0350. The van der Waals surface area contributed by atoms with Crippen molar-refractivity contribution in [2.75, 3.05) is 13.2 Å². The van der Waals surface area contributed by atoms with Crippen molar-refractivity contribution in [1.82, 2.24) is 25.1 Å². The van der Waals surface area contributed by atoms with Gasteiger partial charge in [0.15, 0.2) is 5.82 Å². The van der Waals surface area contributed by atoms with Gasteiger partial charge in [-0.05, 0) is 68.7 Å². The monoisotopic (exact) mass is 405 g/mol. The molecule has 7 nitrogen and oxygen atoms in total. The molecule has 0 bridgehead atoms. The highest BCUT2D eigenvalue weighted by Gasteiger charge is 2.54. The van der Waals surface area contributed by atoms with Gasteiger partial charge in [0.25, 0.3) is 0 Å². The van der Waals surface area contributed by atoms with Gasteiger partial charge >= 0.3 is 0 Å². The summed E-state index contributed by atoms with van der Waals surface area (Å²) in [4.78, 5) is 15.1. The van der Waals surface area contributed by atoms with Crippen molar-refractivity contribution in [3.63, 3.8) is 0 Å². The largest absolute Gasteiger partial charge is 0.381 e. The smallest absolute Gasteiger partial charge is 0.229 e. The Morgan fingerprint density at radius 1 is 1.24 bits per heavy atom. The first-order valence-corrected chi connectivity index (χ1v) is 9.83. The number of tetrazole rings is 1. The Labute approximate surface area is 168 Å². The second kappa shape index (κ2) is 7.12. The zero-order valence-corrected chi connectivity index (χ0v) is 16.9. The van der Waals surface area contributed by atoms with Crippen LogP contribution in [0.1, 0.15) is 57.5 Å². The molecule has 0 radical (unpaired) electrons. The topological polar surface area (TPSA) is 73.1 Å². The van der Waals surface area contributed by atoms with Gasteiger partial charge in [-0.15, -0.1) is 5.10 Å². The lowest BCUT2D eigenvalue weighted by atomic mass is 9.77. The summed E-state index contributed by atoms with van der Waals surface area (Å²) in [5.41, 5.74) is -0.827. The summed E-state index contributed by atoms with van der Waals surface area (Å²) in [6.07, 6.45) is 1.73. The summed E-state index contributed by atoms with van der Waals surface area (Å²) in [6.45, 7) is 6.90. The Bertz CT molecular complexity index is 918. The van der Waals surface area contributed by atoms with Gasteiger partial charge in [-0.25, -0.2) is 13.5 Å². The van der Waals surface area contributed by atoms with Crippen LogP contribution in [0.5, 0.6) is 0 Å². The minimum atomic E-state index is -0.582. The van der Waals surface area contributed by atoms with Gasteiger partial charge < -0.3 is 9.64 Å². The van der Waals surface area contributed by atoms with Crippen LogP contribution in [0, 0.1) is 17.0 Å². The first-order chi connectivity index (χ1) is 13.7. The highest BCUT2D eigenvalue weighted by Crippen LogP contribution is 2.50. The molecule has 2 fully saturated rings. The van der Waals surface area contributed by atoms with E-state index in [9.17, 15) is 13.6 Å². The van der Waals surface area contributed by atoms with Gasteiger partial charge in [-0.3, -0.25) is 4.79 Å². The summed E-state index contributed by atoms with van der Waals surface area (Å²) >= 11 is 0. The fourth-order valence-corrected chi connectivity index (χ4v) is 4.33. The van der Waals surface area contributed by atoms with Crippen LogP contribution >= 0.6 is 0 Å². The molecule has 156 valence electrons. The van der Waals surface area contributed by atoms with Gasteiger partial charge in [-0.2, -0.15) is 0 Å². The summed E-state index contributed by atoms with van der Waals surface area (Å²) in [5.74, 6) is -0.588. The average molecular weight is 405 g/mol. The fourth-order valence-electron chi connectivity index (χ4n) is 4.33. The molecular weight excluding hydrogens is 380 g/mol. The van der Waals surface area contributed by atoms with Gasteiger partial charge in [0.05, 0.1) is 17.0 Å². The SMILES string of the molecule is CC(C)(C)n1nnnc1C1CC2(CCOCC2)C(=O)N1Cc1cc(F)ccc1F. The second-order valence-corrected chi connectivity index (χ2v) is 8.90. The van der Waals surface area contributed by atoms with E-state index in [0.29, 0.717) is 38.3 Å². The molecule has 0 N–H and O–H groups in total. The first kappa shape index (κ1) is 19.9. The molecule has 2 aromatic rings. The molecule has 3 heterocycles. The lowest BCUT2D eigenvalue weighted by molar-refractivity contribution is -0.141. The molecule has 1 spiro atoms. The molecule has 1 aromatic carbocycles. The summed E-state index contributed by atoms with van der Waals surface area (Å²) in [6, 6.07) is 2.88. The van der Waals surface area contributed by atoms with E-state index in [-0.39, 0.29) is 23.6 Å². The number of amides is 1. The number of likely N-dealkylation sites (tertiary alicyclic amines) is 1. The van der Waals surface area contributed by atoms with E-state index in [4.69, 9.17) is 4.74 Å². The molecule has 4 rings (SSSR count). The van der Waals surface area contributed by atoms with E-state index in [1.807, 2.05) is 20.8 Å². The third-order valence-corrected chi connectivity index (χ3v) is 5.90. The summed E-state index contributed by atoms with van der Waals surface area (Å²) < 4.78 is 35.3. The van der Waals surface area contributed by atoms with Crippen LogP contribution in [0.4, 0.5) is 8.78 Å². The van der Waals surface area contributed by atoms with Gasteiger partial charge in [0.1, 0.15) is 11.6 Å². The second-order valence-electron chi connectivity index (χ2n) is 8.90. The van der Waals surface area contributed by atoms with Crippen molar-refractivity contribution >= 4 is 5.91 Å². The lowest BCUT2D eigenvalue weighted by Crippen LogP contribution is -2.39. The van der Waals surface area contributed by atoms with E-state index >= 15 is 0 Å². The Morgan fingerprint density at radius 2 is 1.97 bits per heavy atom. The maximum absolute atomic E-state index is 14.4. The Hall–Kier alpha value is -2.42. The molecule has 0 aliphatic carbocycles. The van der Waals surface area contributed by atoms with Gasteiger partial charge in [-0.1, -0.05) is 0 Å². The van der Waals surface area contributed by atoms with Crippen LogP contribution < -0.4 is 0 Å².